The number of benzene rings is 2. The second kappa shape index (κ2) is 11.4. The molecule has 166 valence electrons. The average molecular weight is 427 g/mol. The lowest BCUT2D eigenvalue weighted by atomic mass is 10.1. The van der Waals surface area contributed by atoms with Gasteiger partial charge in [0.25, 0.3) is 0 Å². The molecule has 7 nitrogen and oxygen atoms in total. The fourth-order valence-corrected chi connectivity index (χ4v) is 3.69. The van der Waals surface area contributed by atoms with E-state index in [4.69, 9.17) is 9.47 Å². The fraction of sp³-hybridized carbons (Fsp3) is 0.417. The molecule has 1 aliphatic rings. The number of carboxylic acid groups (broad SMARTS) is 1. The molecule has 2 aromatic carbocycles. The Balaban J connectivity index is 1.89. The van der Waals surface area contributed by atoms with Crippen LogP contribution in [0.15, 0.2) is 42.5 Å². The normalized spacial score (nSPS) is 16.0. The van der Waals surface area contributed by atoms with Crippen LogP contribution in [-0.2, 0) is 29.1 Å². The summed E-state index contributed by atoms with van der Waals surface area (Å²) in [6.45, 7) is 2.50. The number of ether oxygens (including phenoxy) is 2. The molecule has 0 radical (unpaired) electrons. The van der Waals surface area contributed by atoms with E-state index in [1.807, 2.05) is 41.3 Å². The molecule has 2 N–H and O–H groups in total. The Kier molecular flexibility index (Phi) is 8.29. The van der Waals surface area contributed by atoms with Crippen LogP contribution in [-0.4, -0.2) is 48.7 Å². The first-order valence-electron chi connectivity index (χ1n) is 10.6. The van der Waals surface area contributed by atoms with Crippen molar-refractivity contribution in [2.45, 2.75) is 38.8 Å². The third-order valence-electron chi connectivity index (χ3n) is 5.18. The quantitative estimate of drug-likeness (QED) is 0.764. The average Bonchev–Trinajstić information content (AvgIpc) is 2.74. The number of hydrogen-bond donors (Lipinski definition) is 2. The second-order valence-electron chi connectivity index (χ2n) is 7.77. The lowest BCUT2D eigenvalue weighted by molar-refractivity contribution is -0.136. The van der Waals surface area contributed by atoms with Crippen LogP contribution in [0.3, 0.4) is 0 Å². The molecule has 0 aliphatic carbocycles. The van der Waals surface area contributed by atoms with Gasteiger partial charge in [-0.3, -0.25) is 14.5 Å². The van der Waals surface area contributed by atoms with Crippen LogP contribution in [0.5, 0.6) is 11.5 Å². The number of carboxylic acids is 1. The summed E-state index contributed by atoms with van der Waals surface area (Å²) in [6, 6.07) is 13.3. The van der Waals surface area contributed by atoms with Crippen molar-refractivity contribution in [3.8, 4) is 11.5 Å². The fourth-order valence-electron chi connectivity index (χ4n) is 3.69. The summed E-state index contributed by atoms with van der Waals surface area (Å²) in [6.07, 6.45) is 2.74. The van der Waals surface area contributed by atoms with Crippen LogP contribution in [0.25, 0.3) is 0 Å². The van der Waals surface area contributed by atoms with Gasteiger partial charge in [0.1, 0.15) is 11.5 Å². The summed E-state index contributed by atoms with van der Waals surface area (Å²) in [7, 11) is 1.63. The maximum atomic E-state index is 12.5. The van der Waals surface area contributed by atoms with Gasteiger partial charge in [-0.05, 0) is 48.6 Å². The van der Waals surface area contributed by atoms with Gasteiger partial charge in [0.2, 0.25) is 5.91 Å². The molecule has 1 amide bonds. The summed E-state index contributed by atoms with van der Waals surface area (Å²) < 4.78 is 11.3. The monoisotopic (exact) mass is 426 g/mol. The largest absolute Gasteiger partial charge is 0.497 e. The van der Waals surface area contributed by atoms with Gasteiger partial charge in [-0.2, -0.15) is 0 Å². The van der Waals surface area contributed by atoms with E-state index in [2.05, 4.69) is 5.32 Å². The van der Waals surface area contributed by atoms with Crippen molar-refractivity contribution in [1.82, 2.24) is 10.2 Å². The van der Waals surface area contributed by atoms with E-state index in [1.165, 1.54) is 0 Å². The van der Waals surface area contributed by atoms with Gasteiger partial charge in [0.15, 0.2) is 0 Å². The highest BCUT2D eigenvalue weighted by Gasteiger charge is 2.17. The predicted molar refractivity (Wildman–Crippen MR) is 117 cm³/mol. The molecule has 0 unspecified atom stereocenters. The predicted octanol–water partition coefficient (Wildman–Crippen LogP) is 3.00. The number of carbonyl (C=O) groups excluding carboxylic acids is 1. The maximum absolute atomic E-state index is 12.5. The number of hydrogen-bond acceptors (Lipinski definition) is 5. The summed E-state index contributed by atoms with van der Waals surface area (Å²) >= 11 is 0. The molecule has 0 bridgehead atoms. The number of methoxy groups -OCH3 is 1. The second-order valence-corrected chi connectivity index (χ2v) is 7.77. The van der Waals surface area contributed by atoms with Crippen molar-refractivity contribution >= 4 is 11.9 Å². The third-order valence-corrected chi connectivity index (χ3v) is 5.18. The molecule has 3 rings (SSSR count). The molecule has 0 spiro atoms. The van der Waals surface area contributed by atoms with Crippen molar-refractivity contribution in [3.63, 3.8) is 0 Å². The number of fused-ring (bicyclic) bond motifs is 1. The van der Waals surface area contributed by atoms with E-state index >= 15 is 0 Å². The van der Waals surface area contributed by atoms with E-state index in [0.717, 1.165) is 41.9 Å². The van der Waals surface area contributed by atoms with Crippen LogP contribution in [0, 0.1) is 0 Å². The standard InChI is InChI=1S/C24H30N2O5/c1-30-21-7-5-6-19(13-21)15-26-16-20-12-18(14-24(28)29)8-9-22(20)31-11-4-2-3-10-25-23(27)17-26/h5-9,12-13H,2-4,10-11,14-17H2,1H3,(H,25,27)(H,28,29). The highest BCUT2D eigenvalue weighted by molar-refractivity contribution is 5.78. The number of amides is 1. The van der Waals surface area contributed by atoms with E-state index in [-0.39, 0.29) is 18.9 Å². The van der Waals surface area contributed by atoms with Gasteiger partial charge >= 0.3 is 5.97 Å². The molecule has 31 heavy (non-hydrogen) atoms. The highest BCUT2D eigenvalue weighted by atomic mass is 16.5. The van der Waals surface area contributed by atoms with Crippen LogP contribution in [0.1, 0.15) is 36.0 Å². The van der Waals surface area contributed by atoms with E-state index < -0.39 is 5.97 Å². The zero-order valence-electron chi connectivity index (χ0n) is 17.9. The molecular formula is C24H30N2O5. The van der Waals surface area contributed by atoms with Gasteiger partial charge in [0.05, 0.1) is 26.7 Å². The van der Waals surface area contributed by atoms with E-state index in [0.29, 0.717) is 31.8 Å². The first-order valence-corrected chi connectivity index (χ1v) is 10.6. The first kappa shape index (κ1) is 22.6. The molecule has 0 fully saturated rings. The Labute approximate surface area is 183 Å². The molecule has 7 heteroatoms. The van der Waals surface area contributed by atoms with Crippen molar-refractivity contribution in [2.24, 2.45) is 0 Å². The van der Waals surface area contributed by atoms with Crippen LogP contribution >= 0.6 is 0 Å². The summed E-state index contributed by atoms with van der Waals surface area (Å²) in [5, 5.41) is 12.2. The molecule has 0 aromatic heterocycles. The minimum Gasteiger partial charge on any atom is -0.497 e. The molecule has 2 aromatic rings. The number of rotatable bonds is 5. The molecule has 0 saturated heterocycles. The molecule has 1 heterocycles. The van der Waals surface area contributed by atoms with Gasteiger partial charge < -0.3 is 19.9 Å². The van der Waals surface area contributed by atoms with E-state index in [9.17, 15) is 14.7 Å². The summed E-state index contributed by atoms with van der Waals surface area (Å²) in [5.74, 6) is 0.606. The first-order chi connectivity index (χ1) is 15.0. The zero-order chi connectivity index (χ0) is 22.1. The summed E-state index contributed by atoms with van der Waals surface area (Å²) in [5.41, 5.74) is 2.62. The Hall–Kier alpha value is -3.06. The van der Waals surface area contributed by atoms with Gasteiger partial charge in [-0.25, -0.2) is 0 Å². The minimum absolute atomic E-state index is 0.0219. The Bertz CT molecular complexity index is 899. The van der Waals surface area contributed by atoms with Crippen LogP contribution < -0.4 is 14.8 Å². The summed E-state index contributed by atoms with van der Waals surface area (Å²) in [4.78, 5) is 25.8. The van der Waals surface area contributed by atoms with Crippen molar-refractivity contribution in [1.29, 1.82) is 0 Å². The number of carbonyl (C=O) groups is 2. The third kappa shape index (κ3) is 7.29. The highest BCUT2D eigenvalue weighted by Crippen LogP contribution is 2.24. The molecule has 0 atom stereocenters. The topological polar surface area (TPSA) is 88.1 Å². The smallest absolute Gasteiger partial charge is 0.307 e. The Morgan fingerprint density at radius 2 is 2.00 bits per heavy atom. The Morgan fingerprint density at radius 1 is 1.13 bits per heavy atom. The lowest BCUT2D eigenvalue weighted by Gasteiger charge is -2.24. The minimum atomic E-state index is -0.877. The van der Waals surface area contributed by atoms with Gasteiger partial charge in [0, 0.05) is 25.2 Å². The number of aliphatic carboxylic acids is 1. The number of nitrogens with zero attached hydrogens (tertiary/aromatic N) is 1. The number of nitrogens with one attached hydrogen (secondary N) is 1. The maximum Gasteiger partial charge on any atom is 0.307 e. The van der Waals surface area contributed by atoms with Crippen molar-refractivity contribution in [2.75, 3.05) is 26.8 Å². The molecule has 1 aliphatic heterocycles. The van der Waals surface area contributed by atoms with Crippen LogP contribution in [0.4, 0.5) is 0 Å². The Morgan fingerprint density at radius 3 is 2.81 bits per heavy atom. The molecule has 0 saturated carbocycles. The zero-order valence-corrected chi connectivity index (χ0v) is 17.9. The van der Waals surface area contributed by atoms with Crippen molar-refractivity contribution in [3.05, 3.63) is 59.2 Å². The van der Waals surface area contributed by atoms with Crippen molar-refractivity contribution < 1.29 is 24.2 Å². The van der Waals surface area contributed by atoms with Crippen LogP contribution in [0.2, 0.25) is 0 Å². The molecular weight excluding hydrogens is 396 g/mol. The lowest BCUT2D eigenvalue weighted by Crippen LogP contribution is -2.37. The SMILES string of the molecule is COc1cccc(CN2CC(=O)NCCCCCOc3ccc(CC(=O)O)cc3C2)c1. The van der Waals surface area contributed by atoms with Gasteiger partial charge in [-0.1, -0.05) is 24.3 Å². The van der Waals surface area contributed by atoms with E-state index in [1.54, 1.807) is 13.2 Å². The van der Waals surface area contributed by atoms with Gasteiger partial charge in [-0.15, -0.1) is 0 Å².